The topological polar surface area (TPSA) is 66.6 Å². The maximum Gasteiger partial charge on any atom is 0.253 e. The molecule has 2 aromatic carbocycles. The smallest absolute Gasteiger partial charge is 0.253 e. The van der Waals surface area contributed by atoms with Crippen molar-refractivity contribution in [1.82, 2.24) is 9.80 Å². The molecule has 0 bridgehead atoms. The van der Waals surface area contributed by atoms with Gasteiger partial charge in [0.15, 0.2) is 0 Å². The largest absolute Gasteiger partial charge is 0.335 e. The lowest BCUT2D eigenvalue weighted by Gasteiger charge is -2.35. The number of rotatable bonds is 3. The Morgan fingerprint density at radius 2 is 1.20 bits per heavy atom. The molecule has 1 fully saturated rings. The van der Waals surface area contributed by atoms with E-state index in [9.17, 15) is 14.0 Å². The summed E-state index contributed by atoms with van der Waals surface area (Å²) in [5.74, 6) is -0.551. The van der Waals surface area contributed by atoms with E-state index < -0.39 is 0 Å². The summed E-state index contributed by atoms with van der Waals surface area (Å²) in [7, 11) is 0. The number of carbonyl (C=O) groups is 2. The summed E-state index contributed by atoms with van der Waals surface area (Å²) in [6, 6.07) is 12.8. The zero-order chi connectivity index (χ0) is 17.8. The summed E-state index contributed by atoms with van der Waals surface area (Å²) in [4.78, 5) is 28.4. The Hall–Kier alpha value is -2.73. The highest BCUT2D eigenvalue weighted by atomic mass is 19.1. The predicted molar refractivity (Wildman–Crippen MR) is 92.5 cm³/mol. The number of halogens is 1. The van der Waals surface area contributed by atoms with Crippen LogP contribution in [0.3, 0.4) is 0 Å². The van der Waals surface area contributed by atoms with Crippen LogP contribution in [0.2, 0.25) is 0 Å². The van der Waals surface area contributed by atoms with Gasteiger partial charge in [-0.15, -0.1) is 0 Å². The van der Waals surface area contributed by atoms with Gasteiger partial charge in [-0.2, -0.15) is 0 Å². The van der Waals surface area contributed by atoms with Crippen molar-refractivity contribution in [2.45, 2.75) is 6.54 Å². The van der Waals surface area contributed by atoms with E-state index in [4.69, 9.17) is 5.73 Å². The van der Waals surface area contributed by atoms with Crippen molar-refractivity contribution in [3.8, 4) is 0 Å². The molecule has 25 heavy (non-hydrogen) atoms. The Kier molecular flexibility index (Phi) is 5.09. The van der Waals surface area contributed by atoms with Gasteiger partial charge in [0.1, 0.15) is 5.82 Å². The number of nitrogens with two attached hydrogens (primary N) is 1. The molecule has 3 rings (SSSR count). The highest BCUT2D eigenvalue weighted by Crippen LogP contribution is 2.13. The van der Waals surface area contributed by atoms with Crippen LogP contribution < -0.4 is 5.73 Å². The molecule has 0 radical (unpaired) electrons. The summed E-state index contributed by atoms with van der Waals surface area (Å²) in [5.41, 5.74) is 7.62. The Morgan fingerprint density at radius 1 is 0.800 bits per heavy atom. The van der Waals surface area contributed by atoms with E-state index in [-0.39, 0.29) is 17.6 Å². The average Bonchev–Trinajstić information content (AvgIpc) is 2.67. The Morgan fingerprint density at radius 3 is 1.60 bits per heavy atom. The standard InChI is InChI=1S/C19H20FN3O2/c20-17-7-5-16(6-8-17)19(25)23-11-9-22(10-12-23)18(24)15-3-1-14(13-21)2-4-15/h1-8H,9-13,21H2. The maximum atomic E-state index is 13.0. The molecule has 5 nitrogen and oxygen atoms in total. The van der Waals surface area contributed by atoms with Gasteiger partial charge in [-0.1, -0.05) is 12.1 Å². The van der Waals surface area contributed by atoms with Gasteiger partial charge in [0, 0.05) is 43.9 Å². The molecule has 1 aliphatic heterocycles. The van der Waals surface area contributed by atoms with Crippen LogP contribution in [-0.4, -0.2) is 47.8 Å². The second-order valence-electron chi connectivity index (χ2n) is 5.99. The number of benzene rings is 2. The molecule has 0 aliphatic carbocycles. The fourth-order valence-corrected chi connectivity index (χ4v) is 2.85. The van der Waals surface area contributed by atoms with Gasteiger partial charge in [0.05, 0.1) is 0 Å². The van der Waals surface area contributed by atoms with Crippen molar-refractivity contribution in [2.24, 2.45) is 5.73 Å². The lowest BCUT2D eigenvalue weighted by molar-refractivity contribution is 0.0535. The first-order chi connectivity index (χ1) is 12.1. The van der Waals surface area contributed by atoms with Crippen molar-refractivity contribution in [1.29, 1.82) is 0 Å². The molecule has 0 saturated carbocycles. The van der Waals surface area contributed by atoms with Crippen LogP contribution in [0.4, 0.5) is 4.39 Å². The normalized spacial score (nSPS) is 14.5. The first-order valence-electron chi connectivity index (χ1n) is 8.21. The van der Waals surface area contributed by atoms with Crippen molar-refractivity contribution in [3.63, 3.8) is 0 Å². The van der Waals surface area contributed by atoms with Crippen molar-refractivity contribution >= 4 is 11.8 Å². The van der Waals surface area contributed by atoms with Gasteiger partial charge < -0.3 is 15.5 Å². The Balaban J connectivity index is 1.60. The maximum absolute atomic E-state index is 13.0. The summed E-state index contributed by atoms with van der Waals surface area (Å²) < 4.78 is 13.0. The monoisotopic (exact) mass is 341 g/mol. The molecule has 130 valence electrons. The second-order valence-corrected chi connectivity index (χ2v) is 5.99. The minimum Gasteiger partial charge on any atom is -0.335 e. The van der Waals surface area contributed by atoms with E-state index in [1.54, 1.807) is 21.9 Å². The number of hydrogen-bond acceptors (Lipinski definition) is 3. The Bertz CT molecular complexity index is 751. The van der Waals surface area contributed by atoms with Crippen molar-refractivity contribution in [3.05, 3.63) is 71.0 Å². The zero-order valence-electron chi connectivity index (χ0n) is 13.8. The third kappa shape index (κ3) is 3.85. The average molecular weight is 341 g/mol. The summed E-state index contributed by atoms with van der Waals surface area (Å²) in [6.07, 6.45) is 0. The number of hydrogen-bond donors (Lipinski definition) is 1. The fourth-order valence-electron chi connectivity index (χ4n) is 2.85. The van der Waals surface area contributed by atoms with Gasteiger partial charge in [-0.05, 0) is 42.0 Å². The zero-order valence-corrected chi connectivity index (χ0v) is 13.8. The third-order valence-corrected chi connectivity index (χ3v) is 4.38. The van der Waals surface area contributed by atoms with Crippen LogP contribution in [-0.2, 0) is 6.54 Å². The molecule has 2 N–H and O–H groups in total. The van der Waals surface area contributed by atoms with Gasteiger partial charge in [0.25, 0.3) is 11.8 Å². The van der Waals surface area contributed by atoms with Crippen molar-refractivity contribution < 1.29 is 14.0 Å². The van der Waals surface area contributed by atoms with E-state index in [1.807, 2.05) is 12.1 Å². The van der Waals surface area contributed by atoms with Crippen LogP contribution >= 0.6 is 0 Å². The molecule has 0 aromatic heterocycles. The van der Waals surface area contributed by atoms with E-state index >= 15 is 0 Å². The van der Waals surface area contributed by atoms with Gasteiger partial charge >= 0.3 is 0 Å². The van der Waals surface area contributed by atoms with Crippen LogP contribution in [0.5, 0.6) is 0 Å². The predicted octanol–water partition coefficient (Wildman–Crippen LogP) is 1.88. The van der Waals surface area contributed by atoms with Gasteiger partial charge in [0.2, 0.25) is 0 Å². The molecule has 1 saturated heterocycles. The minimum atomic E-state index is -0.368. The van der Waals surface area contributed by atoms with E-state index in [2.05, 4.69) is 0 Å². The molecule has 0 spiro atoms. The minimum absolute atomic E-state index is 0.0440. The molecule has 2 aromatic rings. The number of carbonyl (C=O) groups excluding carboxylic acids is 2. The van der Waals surface area contributed by atoms with Crippen LogP contribution in [0, 0.1) is 5.82 Å². The van der Waals surface area contributed by atoms with E-state index in [1.165, 1.54) is 24.3 Å². The first kappa shape index (κ1) is 17.1. The fraction of sp³-hybridized carbons (Fsp3) is 0.263. The number of nitrogens with zero attached hydrogens (tertiary/aromatic N) is 2. The summed E-state index contributed by atoms with van der Waals surface area (Å²) in [6.45, 7) is 2.32. The molecule has 1 heterocycles. The lowest BCUT2D eigenvalue weighted by Crippen LogP contribution is -2.50. The number of amides is 2. The third-order valence-electron chi connectivity index (χ3n) is 4.38. The first-order valence-corrected chi connectivity index (χ1v) is 8.21. The highest BCUT2D eigenvalue weighted by molar-refractivity contribution is 5.96. The van der Waals surface area contributed by atoms with Crippen molar-refractivity contribution in [2.75, 3.05) is 26.2 Å². The SMILES string of the molecule is NCc1ccc(C(=O)N2CCN(C(=O)c3ccc(F)cc3)CC2)cc1. The molecule has 2 amide bonds. The molecule has 6 heteroatoms. The second kappa shape index (κ2) is 7.44. The van der Waals surface area contributed by atoms with Gasteiger partial charge in [-0.25, -0.2) is 4.39 Å². The van der Waals surface area contributed by atoms with E-state index in [0.717, 1.165) is 5.56 Å². The summed E-state index contributed by atoms with van der Waals surface area (Å²) in [5, 5.41) is 0. The lowest BCUT2D eigenvalue weighted by atomic mass is 10.1. The summed E-state index contributed by atoms with van der Waals surface area (Å²) >= 11 is 0. The van der Waals surface area contributed by atoms with Crippen LogP contribution in [0.15, 0.2) is 48.5 Å². The Labute approximate surface area is 145 Å². The molecular formula is C19H20FN3O2. The molecular weight excluding hydrogens is 321 g/mol. The van der Waals surface area contributed by atoms with E-state index in [0.29, 0.717) is 43.9 Å². The van der Waals surface area contributed by atoms with Crippen LogP contribution in [0.1, 0.15) is 26.3 Å². The highest BCUT2D eigenvalue weighted by Gasteiger charge is 2.25. The van der Waals surface area contributed by atoms with Gasteiger partial charge in [-0.3, -0.25) is 9.59 Å². The quantitative estimate of drug-likeness (QED) is 0.927. The molecule has 0 unspecified atom stereocenters. The van der Waals surface area contributed by atoms with Crippen LogP contribution in [0.25, 0.3) is 0 Å². The molecule has 0 atom stereocenters. The number of piperazine rings is 1. The molecule has 1 aliphatic rings.